The Kier molecular flexibility index (Phi) is 5.71. The molecule has 2 aromatic carbocycles. The largest absolute Gasteiger partial charge is 0.373 e. The average molecular weight is 382 g/mol. The fourth-order valence-electron chi connectivity index (χ4n) is 2.93. The molecule has 2 N–H and O–H groups in total. The first-order chi connectivity index (χ1) is 13.0. The highest BCUT2D eigenvalue weighted by molar-refractivity contribution is 7.71. The molecule has 1 heterocycles. The summed E-state index contributed by atoms with van der Waals surface area (Å²) in [6.45, 7) is 3.56. The summed E-state index contributed by atoms with van der Waals surface area (Å²) < 4.78 is 1.86. The number of hydrogen-bond acceptors (Lipinski definition) is 4. The fourth-order valence-corrected chi connectivity index (χ4v) is 3.26. The number of H-pyrrole nitrogens is 1. The molecular formula is C20H22N4O2S. The minimum atomic E-state index is -0.183. The van der Waals surface area contributed by atoms with Crippen LogP contribution in [0.2, 0.25) is 0 Å². The van der Waals surface area contributed by atoms with E-state index in [-0.39, 0.29) is 11.5 Å². The predicted octanol–water partition coefficient (Wildman–Crippen LogP) is 2.95. The van der Waals surface area contributed by atoms with Crippen LogP contribution in [0, 0.1) is 4.77 Å². The van der Waals surface area contributed by atoms with Crippen LogP contribution in [-0.2, 0) is 6.54 Å². The second-order valence-electron chi connectivity index (χ2n) is 6.25. The number of para-hydroxylation sites is 1. The standard InChI is InChI=1S/C20H22N4O2S/c1-3-24-19(26)16-10-9-14(13-17(16)22-20(24)27)18(25)21-11-12-23(2)15-7-5-4-6-8-15/h4-10,13H,3,11-12H2,1-2H3,(H,21,25)(H,22,27). The number of nitrogens with zero attached hydrogens (tertiary/aromatic N) is 2. The monoisotopic (exact) mass is 382 g/mol. The van der Waals surface area contributed by atoms with Crippen LogP contribution in [0.15, 0.2) is 53.3 Å². The first kappa shape index (κ1) is 18.8. The number of aromatic nitrogens is 2. The topological polar surface area (TPSA) is 70.1 Å². The normalized spacial score (nSPS) is 10.7. The van der Waals surface area contributed by atoms with Crippen molar-refractivity contribution >= 4 is 34.7 Å². The smallest absolute Gasteiger partial charge is 0.262 e. The number of carbonyl (C=O) groups excluding carboxylic acids is 1. The first-order valence-corrected chi connectivity index (χ1v) is 9.23. The number of benzene rings is 2. The number of amides is 1. The molecule has 3 aromatic rings. The van der Waals surface area contributed by atoms with E-state index >= 15 is 0 Å². The summed E-state index contributed by atoms with van der Waals surface area (Å²) in [5, 5.41) is 3.43. The third-order valence-electron chi connectivity index (χ3n) is 4.49. The van der Waals surface area contributed by atoms with Crippen molar-refractivity contribution in [3.63, 3.8) is 0 Å². The fraction of sp³-hybridized carbons (Fsp3) is 0.250. The van der Waals surface area contributed by atoms with Gasteiger partial charge < -0.3 is 15.2 Å². The molecule has 0 saturated heterocycles. The Balaban J connectivity index is 1.71. The number of nitrogens with one attached hydrogen (secondary N) is 2. The maximum absolute atomic E-state index is 12.4. The minimum Gasteiger partial charge on any atom is -0.373 e. The molecule has 3 rings (SSSR count). The number of anilines is 1. The maximum atomic E-state index is 12.4. The average Bonchev–Trinajstić information content (AvgIpc) is 2.68. The van der Waals surface area contributed by atoms with Gasteiger partial charge >= 0.3 is 0 Å². The van der Waals surface area contributed by atoms with Gasteiger partial charge in [0.15, 0.2) is 4.77 Å². The van der Waals surface area contributed by atoms with Gasteiger partial charge in [0.1, 0.15) is 0 Å². The van der Waals surface area contributed by atoms with E-state index in [1.54, 1.807) is 18.2 Å². The molecule has 0 unspecified atom stereocenters. The van der Waals surface area contributed by atoms with Crippen molar-refractivity contribution in [3.8, 4) is 0 Å². The Labute approximate surface area is 162 Å². The van der Waals surface area contributed by atoms with Gasteiger partial charge in [-0.25, -0.2) is 0 Å². The van der Waals surface area contributed by atoms with Crippen LogP contribution in [0.5, 0.6) is 0 Å². The van der Waals surface area contributed by atoms with Crippen LogP contribution in [0.4, 0.5) is 5.69 Å². The lowest BCUT2D eigenvalue weighted by atomic mass is 10.1. The van der Waals surface area contributed by atoms with Gasteiger partial charge in [0.05, 0.1) is 10.9 Å². The van der Waals surface area contributed by atoms with E-state index in [2.05, 4.69) is 15.2 Å². The van der Waals surface area contributed by atoms with Crippen LogP contribution in [0.25, 0.3) is 10.9 Å². The van der Waals surface area contributed by atoms with Crippen LogP contribution in [0.1, 0.15) is 17.3 Å². The van der Waals surface area contributed by atoms with Crippen molar-refractivity contribution < 1.29 is 4.79 Å². The summed E-state index contributed by atoms with van der Waals surface area (Å²) in [6, 6.07) is 15.0. The van der Waals surface area contributed by atoms with E-state index in [4.69, 9.17) is 12.2 Å². The first-order valence-electron chi connectivity index (χ1n) is 8.82. The lowest BCUT2D eigenvalue weighted by molar-refractivity contribution is 0.0955. The number of rotatable bonds is 6. The van der Waals surface area contributed by atoms with Crippen molar-refractivity contribution in [3.05, 3.63) is 69.2 Å². The zero-order valence-corrected chi connectivity index (χ0v) is 16.2. The Morgan fingerprint density at radius 3 is 2.67 bits per heavy atom. The van der Waals surface area contributed by atoms with Crippen LogP contribution in [-0.4, -0.2) is 35.6 Å². The molecule has 0 atom stereocenters. The van der Waals surface area contributed by atoms with Gasteiger partial charge in [-0.15, -0.1) is 0 Å². The van der Waals surface area contributed by atoms with Crippen LogP contribution >= 0.6 is 12.2 Å². The van der Waals surface area contributed by atoms with Crippen molar-refractivity contribution in [2.75, 3.05) is 25.0 Å². The highest BCUT2D eigenvalue weighted by Gasteiger charge is 2.10. The van der Waals surface area contributed by atoms with Crippen LogP contribution < -0.4 is 15.8 Å². The van der Waals surface area contributed by atoms with Gasteiger partial charge in [0.2, 0.25) is 0 Å². The third-order valence-corrected chi connectivity index (χ3v) is 4.81. The Morgan fingerprint density at radius 1 is 1.22 bits per heavy atom. The molecule has 0 aliphatic heterocycles. The molecule has 0 saturated carbocycles. The number of likely N-dealkylation sites (N-methyl/N-ethyl adjacent to an activating group) is 1. The second kappa shape index (κ2) is 8.18. The molecule has 1 aromatic heterocycles. The van der Waals surface area contributed by atoms with Crippen molar-refractivity contribution in [1.29, 1.82) is 0 Å². The van der Waals surface area contributed by atoms with Gasteiger partial charge in [-0.05, 0) is 49.5 Å². The van der Waals surface area contributed by atoms with E-state index in [9.17, 15) is 9.59 Å². The molecule has 0 aliphatic rings. The Hall–Kier alpha value is -2.93. The van der Waals surface area contributed by atoms with Gasteiger partial charge in [-0.3, -0.25) is 14.2 Å². The lowest BCUT2D eigenvalue weighted by Gasteiger charge is -2.19. The highest BCUT2D eigenvalue weighted by atomic mass is 32.1. The number of hydrogen-bond donors (Lipinski definition) is 2. The maximum Gasteiger partial charge on any atom is 0.262 e. The molecular weight excluding hydrogens is 360 g/mol. The van der Waals surface area contributed by atoms with E-state index in [1.165, 1.54) is 4.57 Å². The van der Waals surface area contributed by atoms with Crippen molar-refractivity contribution in [1.82, 2.24) is 14.9 Å². The SMILES string of the molecule is CCn1c(=S)[nH]c2cc(C(=O)NCCN(C)c3ccccc3)ccc2c1=O. The Morgan fingerprint density at radius 2 is 1.96 bits per heavy atom. The summed E-state index contributed by atoms with van der Waals surface area (Å²) in [4.78, 5) is 30.0. The Bertz CT molecular complexity index is 1070. The minimum absolute atomic E-state index is 0.146. The molecule has 0 radical (unpaired) electrons. The zero-order valence-electron chi connectivity index (χ0n) is 15.4. The lowest BCUT2D eigenvalue weighted by Crippen LogP contribution is -2.33. The van der Waals surface area contributed by atoms with E-state index in [0.29, 0.717) is 40.9 Å². The van der Waals surface area contributed by atoms with Crippen LogP contribution in [0.3, 0.4) is 0 Å². The summed E-state index contributed by atoms with van der Waals surface area (Å²) in [7, 11) is 1.98. The molecule has 0 fully saturated rings. The van der Waals surface area contributed by atoms with E-state index < -0.39 is 0 Å². The van der Waals surface area contributed by atoms with Gasteiger partial charge in [-0.2, -0.15) is 0 Å². The number of aromatic amines is 1. The molecule has 140 valence electrons. The van der Waals surface area contributed by atoms with Crippen molar-refractivity contribution in [2.45, 2.75) is 13.5 Å². The molecule has 0 bridgehead atoms. The zero-order chi connectivity index (χ0) is 19.4. The second-order valence-corrected chi connectivity index (χ2v) is 6.64. The van der Waals surface area contributed by atoms with Crippen molar-refractivity contribution in [2.24, 2.45) is 0 Å². The number of carbonyl (C=O) groups is 1. The summed E-state index contributed by atoms with van der Waals surface area (Å²) in [5.74, 6) is -0.183. The molecule has 6 nitrogen and oxygen atoms in total. The molecule has 27 heavy (non-hydrogen) atoms. The quantitative estimate of drug-likeness (QED) is 0.643. The highest BCUT2D eigenvalue weighted by Crippen LogP contribution is 2.12. The molecule has 0 spiro atoms. The van der Waals surface area contributed by atoms with Gasteiger partial charge in [-0.1, -0.05) is 18.2 Å². The summed E-state index contributed by atoms with van der Waals surface area (Å²) >= 11 is 5.22. The molecule has 7 heteroatoms. The van der Waals surface area contributed by atoms with Gasteiger partial charge in [0, 0.05) is 37.9 Å². The van der Waals surface area contributed by atoms with E-state index in [1.807, 2.05) is 44.3 Å². The molecule has 0 aliphatic carbocycles. The summed E-state index contributed by atoms with van der Waals surface area (Å²) in [5.41, 5.74) is 2.01. The predicted molar refractivity (Wildman–Crippen MR) is 111 cm³/mol. The third kappa shape index (κ3) is 4.09. The van der Waals surface area contributed by atoms with Gasteiger partial charge in [0.25, 0.3) is 11.5 Å². The van der Waals surface area contributed by atoms with E-state index in [0.717, 1.165) is 5.69 Å². The summed E-state index contributed by atoms with van der Waals surface area (Å²) in [6.07, 6.45) is 0. The number of fused-ring (bicyclic) bond motifs is 1. The molecule has 1 amide bonds.